The van der Waals surface area contributed by atoms with E-state index in [9.17, 15) is 4.79 Å². The van der Waals surface area contributed by atoms with Crippen LogP contribution in [0.3, 0.4) is 0 Å². The first-order valence-electron chi connectivity index (χ1n) is 2.04. The molecule has 0 aromatic rings. The molecule has 0 rings (SSSR count). The molecule has 1 amide bonds. The quantitative estimate of drug-likeness (QED) is 0.394. The lowest BCUT2D eigenvalue weighted by Crippen LogP contribution is -2.21. The highest BCUT2D eigenvalue weighted by Crippen LogP contribution is 1.65. The minimum Gasteiger partial charge on any atom is -0.375 e. The van der Waals surface area contributed by atoms with Crippen LogP contribution in [0.5, 0.6) is 0 Å². The molecular weight excluding hydrogens is 108 g/mol. The third kappa shape index (κ3) is 3.30. The number of amides is 1. The Morgan fingerprint density at radius 1 is 2.00 bits per heavy atom. The molecule has 0 saturated heterocycles. The van der Waals surface area contributed by atoms with Crippen molar-refractivity contribution < 1.29 is 9.53 Å². The van der Waals surface area contributed by atoms with Gasteiger partial charge in [0.25, 0.3) is 5.91 Å². The molecule has 0 radical (unpaired) electrons. The Morgan fingerprint density at radius 3 is 3.00 bits per heavy atom. The van der Waals surface area contributed by atoms with Crippen LogP contribution in [0.4, 0.5) is 0 Å². The largest absolute Gasteiger partial charge is 0.375 e. The van der Waals surface area contributed by atoms with E-state index in [1.807, 2.05) is 0 Å². The molecule has 0 unspecified atom stereocenters. The maximum Gasteiger partial charge on any atom is 0.265 e. The van der Waals surface area contributed by atoms with E-state index < -0.39 is 0 Å². The summed E-state index contributed by atoms with van der Waals surface area (Å²) >= 11 is 0. The number of nitrogens with one attached hydrogen (secondary N) is 1. The maximum atomic E-state index is 10.3. The number of hydrogen-bond donors (Lipinski definition) is 1. The summed E-state index contributed by atoms with van der Waals surface area (Å²) in [4.78, 5) is 10.3. The summed E-state index contributed by atoms with van der Waals surface area (Å²) in [7, 11) is 1.43. The standard InChI is InChI=1S/C4H8N2O2/c1-5-6-4(7)3-8-2/h1,3H2,2H3,(H,6,7). The number of ether oxygens (including phenoxy) is 1. The number of methoxy groups -OCH3 is 1. The topological polar surface area (TPSA) is 50.7 Å². The second-order valence-electron chi connectivity index (χ2n) is 1.13. The predicted octanol–water partition coefficient (Wildman–Crippen LogP) is -0.635. The molecule has 0 aromatic heterocycles. The molecule has 0 heterocycles. The summed E-state index contributed by atoms with van der Waals surface area (Å²) in [6, 6.07) is 0. The van der Waals surface area contributed by atoms with Crippen molar-refractivity contribution in [2.45, 2.75) is 0 Å². The third-order valence-corrected chi connectivity index (χ3v) is 0.479. The van der Waals surface area contributed by atoms with Gasteiger partial charge in [-0.2, -0.15) is 5.10 Å². The first-order chi connectivity index (χ1) is 3.81. The molecule has 4 heteroatoms. The zero-order valence-electron chi connectivity index (χ0n) is 4.68. The summed E-state index contributed by atoms with van der Waals surface area (Å²) in [5.41, 5.74) is 2.10. The molecule has 0 aliphatic rings. The molecule has 0 spiro atoms. The smallest absolute Gasteiger partial charge is 0.265 e. The third-order valence-electron chi connectivity index (χ3n) is 0.479. The Balaban J connectivity index is 3.18. The molecule has 46 valence electrons. The number of carbonyl (C=O) groups is 1. The maximum absolute atomic E-state index is 10.3. The van der Waals surface area contributed by atoms with E-state index in [0.717, 1.165) is 0 Å². The van der Waals surface area contributed by atoms with Crippen LogP contribution in [0.1, 0.15) is 0 Å². The molecule has 0 atom stereocenters. The van der Waals surface area contributed by atoms with E-state index in [1.54, 1.807) is 0 Å². The van der Waals surface area contributed by atoms with Crippen LogP contribution < -0.4 is 5.43 Å². The summed E-state index contributed by atoms with van der Waals surface area (Å²) in [5, 5.41) is 3.12. The van der Waals surface area contributed by atoms with Gasteiger partial charge in [-0.1, -0.05) is 0 Å². The first-order valence-corrected chi connectivity index (χ1v) is 2.04. The molecular formula is C4H8N2O2. The van der Waals surface area contributed by atoms with Gasteiger partial charge in [-0.3, -0.25) is 4.79 Å². The predicted molar refractivity (Wildman–Crippen MR) is 29.6 cm³/mol. The first kappa shape index (κ1) is 7.10. The molecule has 1 N–H and O–H groups in total. The van der Waals surface area contributed by atoms with Gasteiger partial charge in [0.15, 0.2) is 0 Å². The van der Waals surface area contributed by atoms with Crippen molar-refractivity contribution in [2.24, 2.45) is 5.10 Å². The van der Waals surface area contributed by atoms with Crippen molar-refractivity contribution in [2.75, 3.05) is 13.7 Å². The summed E-state index contributed by atoms with van der Waals surface area (Å²) in [6.45, 7) is 3.07. The van der Waals surface area contributed by atoms with Crippen LogP contribution in [-0.2, 0) is 9.53 Å². The van der Waals surface area contributed by atoms with E-state index in [0.29, 0.717) is 0 Å². The average molecular weight is 116 g/mol. The van der Waals surface area contributed by atoms with Crippen molar-refractivity contribution in [1.82, 2.24) is 5.43 Å². The van der Waals surface area contributed by atoms with Gasteiger partial charge < -0.3 is 4.74 Å². The fraction of sp³-hybridized carbons (Fsp3) is 0.500. The van der Waals surface area contributed by atoms with E-state index in [-0.39, 0.29) is 12.5 Å². The molecule has 0 fully saturated rings. The molecule has 0 aliphatic heterocycles. The Morgan fingerprint density at radius 2 is 2.62 bits per heavy atom. The molecule has 8 heavy (non-hydrogen) atoms. The molecule has 4 nitrogen and oxygen atoms in total. The van der Waals surface area contributed by atoms with E-state index in [4.69, 9.17) is 0 Å². The second kappa shape index (κ2) is 4.26. The highest BCUT2D eigenvalue weighted by Gasteiger charge is 1.92. The van der Waals surface area contributed by atoms with Gasteiger partial charge in [0.05, 0.1) is 0 Å². The van der Waals surface area contributed by atoms with Gasteiger partial charge in [-0.05, 0) is 0 Å². The molecule has 0 aliphatic carbocycles. The second-order valence-corrected chi connectivity index (χ2v) is 1.13. The Labute approximate surface area is 47.5 Å². The van der Waals surface area contributed by atoms with Crippen LogP contribution in [0.15, 0.2) is 5.10 Å². The van der Waals surface area contributed by atoms with Gasteiger partial charge in [-0.25, -0.2) is 5.43 Å². The zero-order valence-corrected chi connectivity index (χ0v) is 4.68. The van der Waals surface area contributed by atoms with Gasteiger partial charge >= 0.3 is 0 Å². The van der Waals surface area contributed by atoms with Crippen LogP contribution >= 0.6 is 0 Å². The van der Waals surface area contributed by atoms with Gasteiger partial charge in [0.2, 0.25) is 0 Å². The molecule has 0 bridgehead atoms. The summed E-state index contributed by atoms with van der Waals surface area (Å²) in [6.07, 6.45) is 0. The number of rotatable bonds is 3. The van der Waals surface area contributed by atoms with Crippen LogP contribution in [0.25, 0.3) is 0 Å². The van der Waals surface area contributed by atoms with E-state index in [2.05, 4.69) is 22.0 Å². The fourth-order valence-electron chi connectivity index (χ4n) is 0.252. The highest BCUT2D eigenvalue weighted by molar-refractivity contribution is 5.77. The number of hydrazone groups is 1. The van der Waals surface area contributed by atoms with Gasteiger partial charge in [0, 0.05) is 13.8 Å². The van der Waals surface area contributed by atoms with Crippen LogP contribution in [-0.4, -0.2) is 26.3 Å². The summed E-state index contributed by atoms with van der Waals surface area (Å²) in [5.74, 6) is -0.289. The van der Waals surface area contributed by atoms with E-state index in [1.165, 1.54) is 7.11 Å². The number of nitrogens with zero attached hydrogens (tertiary/aromatic N) is 1. The normalized spacial score (nSPS) is 8.12. The highest BCUT2D eigenvalue weighted by atomic mass is 16.5. The van der Waals surface area contributed by atoms with E-state index >= 15 is 0 Å². The zero-order chi connectivity index (χ0) is 6.41. The average Bonchev–Trinajstić information content (AvgIpc) is 1.68. The minimum atomic E-state index is -0.289. The lowest BCUT2D eigenvalue weighted by Gasteiger charge is -1.93. The van der Waals surface area contributed by atoms with Crippen LogP contribution in [0, 0.1) is 0 Å². The van der Waals surface area contributed by atoms with Gasteiger partial charge in [0.1, 0.15) is 6.61 Å². The monoisotopic (exact) mass is 116 g/mol. The van der Waals surface area contributed by atoms with Crippen molar-refractivity contribution in [1.29, 1.82) is 0 Å². The minimum absolute atomic E-state index is 0.0268. The summed E-state index contributed by atoms with van der Waals surface area (Å²) < 4.78 is 4.46. The SMILES string of the molecule is C=NNC(=O)COC. The van der Waals surface area contributed by atoms with Crippen molar-refractivity contribution >= 4 is 12.6 Å². The number of carbonyl (C=O) groups excluding carboxylic acids is 1. The van der Waals surface area contributed by atoms with Crippen LogP contribution in [0.2, 0.25) is 0 Å². The van der Waals surface area contributed by atoms with Crippen molar-refractivity contribution in [3.63, 3.8) is 0 Å². The van der Waals surface area contributed by atoms with Crippen molar-refractivity contribution in [3.05, 3.63) is 0 Å². The van der Waals surface area contributed by atoms with Crippen molar-refractivity contribution in [3.8, 4) is 0 Å². The van der Waals surface area contributed by atoms with Gasteiger partial charge in [-0.15, -0.1) is 0 Å². The molecule has 0 aromatic carbocycles. The lowest BCUT2D eigenvalue weighted by atomic mass is 10.7. The molecule has 0 saturated carbocycles. The lowest BCUT2D eigenvalue weighted by molar-refractivity contribution is -0.124. The Bertz CT molecular complexity index is 92.0. The Kier molecular flexibility index (Phi) is 3.78. The Hall–Kier alpha value is -0.900. The number of hydrogen-bond acceptors (Lipinski definition) is 3. The fourth-order valence-corrected chi connectivity index (χ4v) is 0.252.